The highest BCUT2D eigenvalue weighted by atomic mass is 16.4. The molecule has 0 amide bonds. The molecule has 0 radical (unpaired) electrons. The first-order valence-corrected chi connectivity index (χ1v) is 5.79. The molecule has 0 saturated carbocycles. The first-order chi connectivity index (χ1) is 9.13. The summed E-state index contributed by atoms with van der Waals surface area (Å²) in [6.07, 6.45) is 1.72. The van der Waals surface area contributed by atoms with E-state index in [1.807, 2.05) is 19.1 Å². The largest absolute Gasteiger partial charge is 0.478 e. The van der Waals surface area contributed by atoms with Crippen molar-refractivity contribution in [1.29, 1.82) is 0 Å². The molecule has 5 heteroatoms. The summed E-state index contributed by atoms with van der Waals surface area (Å²) in [5.41, 5.74) is 3.54. The number of fused-ring (bicyclic) bond motifs is 1. The molecule has 0 unspecified atom stereocenters. The molecule has 3 aromatic rings. The van der Waals surface area contributed by atoms with Gasteiger partial charge in [-0.2, -0.15) is 0 Å². The highest BCUT2D eigenvalue weighted by Gasteiger charge is 2.08. The summed E-state index contributed by atoms with van der Waals surface area (Å²) in [4.78, 5) is 22.6. The number of nitrogens with one attached hydrogen (secondary N) is 1. The van der Waals surface area contributed by atoms with Crippen molar-refractivity contribution in [3.63, 3.8) is 0 Å². The van der Waals surface area contributed by atoms with Gasteiger partial charge < -0.3 is 10.1 Å². The van der Waals surface area contributed by atoms with Crippen LogP contribution >= 0.6 is 0 Å². The summed E-state index contributed by atoms with van der Waals surface area (Å²) in [7, 11) is 0. The van der Waals surface area contributed by atoms with Crippen LogP contribution in [0, 0.1) is 6.92 Å². The fourth-order valence-electron chi connectivity index (χ4n) is 1.97. The monoisotopic (exact) mass is 253 g/mol. The Morgan fingerprint density at radius 1 is 1.26 bits per heavy atom. The minimum Gasteiger partial charge on any atom is -0.478 e. The number of imidazole rings is 1. The van der Waals surface area contributed by atoms with E-state index in [9.17, 15) is 4.79 Å². The molecule has 3 rings (SSSR count). The molecule has 2 N–H and O–H groups in total. The first kappa shape index (κ1) is 11.4. The molecule has 0 aliphatic rings. The van der Waals surface area contributed by atoms with Gasteiger partial charge in [-0.25, -0.2) is 9.78 Å². The normalized spacial score (nSPS) is 10.8. The fraction of sp³-hybridized carbons (Fsp3) is 0.0714. The number of carboxylic acids is 1. The third-order valence-corrected chi connectivity index (χ3v) is 2.90. The van der Waals surface area contributed by atoms with Gasteiger partial charge >= 0.3 is 5.97 Å². The van der Waals surface area contributed by atoms with E-state index >= 15 is 0 Å². The second-order valence-electron chi connectivity index (χ2n) is 4.31. The van der Waals surface area contributed by atoms with E-state index in [-0.39, 0.29) is 5.56 Å². The van der Waals surface area contributed by atoms with Crippen LogP contribution < -0.4 is 0 Å². The lowest BCUT2D eigenvalue weighted by molar-refractivity contribution is 0.0697. The molecule has 0 bridgehead atoms. The number of carboxylic acid groups (broad SMARTS) is 1. The Hall–Kier alpha value is -2.69. The molecule has 0 aliphatic heterocycles. The van der Waals surface area contributed by atoms with Gasteiger partial charge in [0.05, 0.1) is 16.6 Å². The van der Waals surface area contributed by atoms with Gasteiger partial charge in [0.15, 0.2) is 0 Å². The van der Waals surface area contributed by atoms with Gasteiger partial charge in [-0.1, -0.05) is 0 Å². The number of aromatic amines is 1. The predicted molar refractivity (Wildman–Crippen MR) is 71.0 cm³/mol. The molecule has 2 aromatic heterocycles. The maximum Gasteiger partial charge on any atom is 0.335 e. The van der Waals surface area contributed by atoms with Gasteiger partial charge in [0.2, 0.25) is 0 Å². The van der Waals surface area contributed by atoms with Crippen LogP contribution in [-0.2, 0) is 0 Å². The molecule has 0 fully saturated rings. The average molecular weight is 253 g/mol. The van der Waals surface area contributed by atoms with Crippen LogP contribution in [0.2, 0.25) is 0 Å². The zero-order valence-electron chi connectivity index (χ0n) is 10.2. The van der Waals surface area contributed by atoms with Crippen LogP contribution in [0.4, 0.5) is 0 Å². The van der Waals surface area contributed by atoms with Crippen LogP contribution in [-0.4, -0.2) is 26.0 Å². The minimum atomic E-state index is -0.946. The van der Waals surface area contributed by atoms with Crippen molar-refractivity contribution < 1.29 is 9.90 Å². The Balaban J connectivity index is 2.14. The number of H-pyrrole nitrogens is 1. The number of aromatic nitrogens is 3. The van der Waals surface area contributed by atoms with Gasteiger partial charge in [0.1, 0.15) is 5.82 Å². The van der Waals surface area contributed by atoms with Gasteiger partial charge in [-0.05, 0) is 37.3 Å². The Labute approximate surface area is 109 Å². The number of hydrogen-bond acceptors (Lipinski definition) is 3. The number of benzene rings is 1. The highest BCUT2D eigenvalue weighted by Crippen LogP contribution is 2.21. The Kier molecular flexibility index (Phi) is 2.52. The molecule has 0 aliphatic carbocycles. The molecule has 0 atom stereocenters. The van der Waals surface area contributed by atoms with Gasteiger partial charge in [-0.15, -0.1) is 0 Å². The summed E-state index contributed by atoms with van der Waals surface area (Å²) >= 11 is 0. The Bertz CT molecular complexity index is 777. The summed E-state index contributed by atoms with van der Waals surface area (Å²) in [5.74, 6) is -0.235. The van der Waals surface area contributed by atoms with Crippen LogP contribution in [0.15, 0.2) is 36.5 Å². The number of aryl methyl sites for hydroxylation is 1. The lowest BCUT2D eigenvalue weighted by Gasteiger charge is -1.96. The molecule has 0 saturated heterocycles. The van der Waals surface area contributed by atoms with Crippen LogP contribution in [0.5, 0.6) is 0 Å². The number of pyridine rings is 1. The van der Waals surface area contributed by atoms with E-state index in [1.165, 1.54) is 0 Å². The Morgan fingerprint density at radius 2 is 2.11 bits per heavy atom. The van der Waals surface area contributed by atoms with Crippen LogP contribution in [0.1, 0.15) is 16.1 Å². The van der Waals surface area contributed by atoms with E-state index in [1.54, 1.807) is 24.4 Å². The predicted octanol–water partition coefficient (Wildman–Crippen LogP) is 2.63. The van der Waals surface area contributed by atoms with Crippen LogP contribution in [0.3, 0.4) is 0 Å². The topological polar surface area (TPSA) is 78.9 Å². The zero-order chi connectivity index (χ0) is 13.4. The van der Waals surface area contributed by atoms with Crippen molar-refractivity contribution in [3.05, 3.63) is 47.8 Å². The zero-order valence-corrected chi connectivity index (χ0v) is 10.2. The number of hydrogen-bond donors (Lipinski definition) is 2. The minimum absolute atomic E-state index is 0.244. The van der Waals surface area contributed by atoms with Crippen molar-refractivity contribution in [2.24, 2.45) is 0 Å². The number of nitrogens with zero attached hydrogens (tertiary/aromatic N) is 2. The van der Waals surface area contributed by atoms with E-state index in [2.05, 4.69) is 15.0 Å². The molecule has 94 valence electrons. The standard InChI is InChI=1S/C14H11N3O2/c1-8-6-9(4-5-15-8)13-16-11-3-2-10(14(18)19)7-12(11)17-13/h2-7H,1H3,(H,16,17)(H,18,19). The third-order valence-electron chi connectivity index (χ3n) is 2.90. The summed E-state index contributed by atoms with van der Waals surface area (Å²) in [6, 6.07) is 8.63. The van der Waals surface area contributed by atoms with E-state index in [4.69, 9.17) is 5.11 Å². The highest BCUT2D eigenvalue weighted by molar-refractivity contribution is 5.92. The summed E-state index contributed by atoms with van der Waals surface area (Å²) < 4.78 is 0. The Morgan fingerprint density at radius 3 is 2.84 bits per heavy atom. The quantitative estimate of drug-likeness (QED) is 0.735. The first-order valence-electron chi connectivity index (χ1n) is 5.79. The number of carbonyl (C=O) groups is 1. The number of rotatable bonds is 2. The molecule has 5 nitrogen and oxygen atoms in total. The van der Waals surface area contributed by atoms with Gasteiger partial charge in [-0.3, -0.25) is 4.98 Å². The molecule has 1 aromatic carbocycles. The van der Waals surface area contributed by atoms with Crippen LogP contribution in [0.25, 0.3) is 22.4 Å². The van der Waals surface area contributed by atoms with Crippen molar-refractivity contribution >= 4 is 17.0 Å². The van der Waals surface area contributed by atoms with Crippen molar-refractivity contribution in [2.75, 3.05) is 0 Å². The summed E-state index contributed by atoms with van der Waals surface area (Å²) in [5, 5.41) is 8.96. The van der Waals surface area contributed by atoms with E-state index in [0.717, 1.165) is 16.8 Å². The van der Waals surface area contributed by atoms with Gasteiger partial charge in [0.25, 0.3) is 0 Å². The fourth-order valence-corrected chi connectivity index (χ4v) is 1.97. The lowest BCUT2D eigenvalue weighted by atomic mass is 10.2. The van der Waals surface area contributed by atoms with E-state index in [0.29, 0.717) is 11.3 Å². The van der Waals surface area contributed by atoms with Gasteiger partial charge in [0, 0.05) is 17.5 Å². The molecule has 0 spiro atoms. The lowest BCUT2D eigenvalue weighted by Crippen LogP contribution is -1.94. The maximum atomic E-state index is 10.9. The third kappa shape index (κ3) is 2.06. The van der Waals surface area contributed by atoms with Crippen molar-refractivity contribution in [3.8, 4) is 11.4 Å². The van der Waals surface area contributed by atoms with Crippen molar-refractivity contribution in [2.45, 2.75) is 6.92 Å². The number of aromatic carboxylic acids is 1. The maximum absolute atomic E-state index is 10.9. The smallest absolute Gasteiger partial charge is 0.335 e. The second kappa shape index (κ2) is 4.20. The van der Waals surface area contributed by atoms with E-state index < -0.39 is 5.97 Å². The average Bonchev–Trinajstić information content (AvgIpc) is 2.81. The molecule has 19 heavy (non-hydrogen) atoms. The molecular weight excluding hydrogens is 242 g/mol. The summed E-state index contributed by atoms with van der Waals surface area (Å²) in [6.45, 7) is 1.91. The second-order valence-corrected chi connectivity index (χ2v) is 4.31. The SMILES string of the molecule is Cc1cc(-c2nc3ccc(C(=O)O)cc3[nH]2)ccn1. The molecular formula is C14H11N3O2. The molecule has 2 heterocycles. The van der Waals surface area contributed by atoms with Crippen molar-refractivity contribution in [1.82, 2.24) is 15.0 Å².